The van der Waals surface area contributed by atoms with E-state index in [-0.39, 0.29) is 12.0 Å². The first-order valence-electron chi connectivity index (χ1n) is 11.6. The summed E-state index contributed by atoms with van der Waals surface area (Å²) in [6.07, 6.45) is 21.3. The lowest BCUT2D eigenvalue weighted by Crippen LogP contribution is -2.24. The first kappa shape index (κ1) is 20.4. The molecule has 31 heavy (non-hydrogen) atoms. The number of fused-ring (bicyclic) bond motifs is 2. The maximum atomic E-state index is 10.5. The number of nitrogens with zero attached hydrogens (tertiary/aromatic N) is 3. The average molecular weight is 418 g/mol. The first-order valence-corrected chi connectivity index (χ1v) is 11.6. The van der Waals surface area contributed by atoms with Crippen molar-refractivity contribution < 1.29 is 9.84 Å². The van der Waals surface area contributed by atoms with E-state index in [0.29, 0.717) is 29.5 Å². The molecule has 0 amide bonds. The van der Waals surface area contributed by atoms with E-state index in [2.05, 4.69) is 46.4 Å². The molecule has 0 aromatic carbocycles. The molecule has 4 aliphatic rings. The Labute approximate surface area is 184 Å². The van der Waals surface area contributed by atoms with Crippen LogP contribution < -0.4 is 4.74 Å². The van der Waals surface area contributed by atoms with E-state index in [4.69, 9.17) is 9.72 Å². The van der Waals surface area contributed by atoms with Crippen LogP contribution in [0.5, 0.6) is 6.01 Å². The van der Waals surface area contributed by atoms with Crippen LogP contribution in [-0.2, 0) is 0 Å². The molecule has 1 aromatic heterocycles. The Balaban J connectivity index is 1.47. The largest absolute Gasteiger partial charge is 0.461 e. The fraction of sp³-hybridized carbons (Fsp3) is 0.500. The lowest BCUT2D eigenvalue weighted by molar-refractivity contribution is 0.141. The summed E-state index contributed by atoms with van der Waals surface area (Å²) in [7, 11) is 0. The Morgan fingerprint density at radius 3 is 2.77 bits per heavy atom. The van der Waals surface area contributed by atoms with Gasteiger partial charge in [-0.05, 0) is 80.9 Å². The molecule has 1 heterocycles. The smallest absolute Gasteiger partial charge is 0.320 e. The van der Waals surface area contributed by atoms with Gasteiger partial charge in [-0.2, -0.15) is 9.97 Å². The van der Waals surface area contributed by atoms with Crippen LogP contribution in [0.15, 0.2) is 53.7 Å². The van der Waals surface area contributed by atoms with Crippen LogP contribution in [-0.4, -0.2) is 32.3 Å². The van der Waals surface area contributed by atoms with E-state index >= 15 is 0 Å². The molecule has 0 radical (unpaired) electrons. The molecule has 1 aromatic rings. The molecule has 4 aliphatic carbocycles. The van der Waals surface area contributed by atoms with Gasteiger partial charge in [0.1, 0.15) is 5.82 Å². The number of hydrogen-bond donors (Lipinski definition) is 1. The van der Waals surface area contributed by atoms with E-state index in [1.54, 1.807) is 0 Å². The van der Waals surface area contributed by atoms with Gasteiger partial charge in [0.15, 0.2) is 5.82 Å². The molecule has 0 fully saturated rings. The number of aromatic nitrogens is 3. The fourth-order valence-electron chi connectivity index (χ4n) is 5.03. The van der Waals surface area contributed by atoms with Crippen molar-refractivity contribution in [3.05, 3.63) is 65.3 Å². The maximum absolute atomic E-state index is 10.5. The highest BCUT2D eigenvalue weighted by Crippen LogP contribution is 2.42. The highest BCUT2D eigenvalue weighted by molar-refractivity contribution is 5.63. The zero-order valence-electron chi connectivity index (χ0n) is 18.4. The van der Waals surface area contributed by atoms with Crippen LogP contribution in [0, 0.1) is 11.8 Å². The number of allylic oxidation sites excluding steroid dienone is 9. The van der Waals surface area contributed by atoms with Gasteiger partial charge >= 0.3 is 6.01 Å². The molecule has 4 atom stereocenters. The predicted octanol–water partition coefficient (Wildman–Crippen LogP) is 5.08. The summed E-state index contributed by atoms with van der Waals surface area (Å²) in [6, 6.07) is 0.351. The van der Waals surface area contributed by atoms with Gasteiger partial charge in [-0.25, -0.2) is 4.98 Å². The molecule has 0 spiro atoms. The summed E-state index contributed by atoms with van der Waals surface area (Å²) in [5.41, 5.74) is 4.05. The highest BCUT2D eigenvalue weighted by Gasteiger charge is 2.31. The molecule has 1 N–H and O–H groups in total. The molecule has 4 unspecified atom stereocenters. The average Bonchev–Trinajstić information content (AvgIpc) is 2.77. The normalized spacial score (nSPS) is 29.6. The molecular weight excluding hydrogens is 386 g/mol. The van der Waals surface area contributed by atoms with E-state index in [0.717, 1.165) is 44.1 Å². The van der Waals surface area contributed by atoms with Gasteiger partial charge in [-0.3, -0.25) is 0 Å². The number of aliphatic hydroxyl groups excluding tert-OH is 1. The highest BCUT2D eigenvalue weighted by atomic mass is 16.5. The van der Waals surface area contributed by atoms with Crippen molar-refractivity contribution in [2.45, 2.75) is 70.5 Å². The molecule has 5 rings (SSSR count). The van der Waals surface area contributed by atoms with Gasteiger partial charge in [0.2, 0.25) is 0 Å². The topological polar surface area (TPSA) is 68.1 Å². The zero-order chi connectivity index (χ0) is 21.4. The minimum atomic E-state index is -0.471. The maximum Gasteiger partial charge on any atom is 0.320 e. The first-order chi connectivity index (χ1) is 15.1. The molecule has 0 saturated heterocycles. The second-order valence-corrected chi connectivity index (χ2v) is 9.32. The molecule has 5 nitrogen and oxygen atoms in total. The van der Waals surface area contributed by atoms with Crippen molar-refractivity contribution in [3.63, 3.8) is 0 Å². The Hall–Kier alpha value is -2.53. The van der Waals surface area contributed by atoms with E-state index < -0.39 is 6.10 Å². The summed E-state index contributed by atoms with van der Waals surface area (Å²) in [5, 5.41) is 10.5. The second-order valence-electron chi connectivity index (χ2n) is 9.32. The summed E-state index contributed by atoms with van der Waals surface area (Å²) in [5.74, 6) is 2.11. The van der Waals surface area contributed by atoms with Crippen molar-refractivity contribution >= 4 is 5.57 Å². The standard InChI is InChI=1S/C26H31N3O2/c1-16(2)31-26-28-24(27-25(29-26)22-9-5-6-10-23(22)30)20-12-11-19-13-17-7-3-4-8-18(17)14-21(19)15-20/h4-5,8-9,12-14,16,19,21-23,30H,3,6-7,10-11,15H2,1-2H3. The molecule has 0 saturated carbocycles. The Morgan fingerprint density at radius 1 is 1.03 bits per heavy atom. The molecular formula is C26H31N3O2. The SMILES string of the molecule is CC(C)Oc1nc(C2=CCC3C=C4CCC=CC4=CC3C2)nc(C2C=CCCC2O)n1. The summed E-state index contributed by atoms with van der Waals surface area (Å²) in [6.45, 7) is 3.94. The van der Waals surface area contributed by atoms with Gasteiger partial charge in [-0.1, -0.05) is 42.5 Å². The van der Waals surface area contributed by atoms with Crippen LogP contribution in [0.25, 0.3) is 5.57 Å². The minimum Gasteiger partial charge on any atom is -0.461 e. The van der Waals surface area contributed by atoms with Crippen molar-refractivity contribution in [2.24, 2.45) is 11.8 Å². The zero-order valence-corrected chi connectivity index (χ0v) is 18.4. The van der Waals surface area contributed by atoms with Gasteiger partial charge in [0.25, 0.3) is 0 Å². The van der Waals surface area contributed by atoms with Crippen molar-refractivity contribution in [1.29, 1.82) is 0 Å². The van der Waals surface area contributed by atoms with Gasteiger partial charge in [0, 0.05) is 0 Å². The number of aliphatic hydroxyl groups is 1. The van der Waals surface area contributed by atoms with E-state index in [1.807, 2.05) is 19.9 Å². The molecule has 5 heteroatoms. The van der Waals surface area contributed by atoms with Crippen LogP contribution in [0.3, 0.4) is 0 Å². The monoisotopic (exact) mass is 417 g/mol. The summed E-state index contributed by atoms with van der Waals surface area (Å²) >= 11 is 0. The van der Waals surface area contributed by atoms with Gasteiger partial charge in [-0.15, -0.1) is 0 Å². The van der Waals surface area contributed by atoms with Crippen LogP contribution in [0.4, 0.5) is 0 Å². The van der Waals surface area contributed by atoms with Crippen molar-refractivity contribution in [2.75, 3.05) is 0 Å². The van der Waals surface area contributed by atoms with Crippen molar-refractivity contribution in [1.82, 2.24) is 15.0 Å². The lowest BCUT2D eigenvalue weighted by atomic mass is 9.72. The number of ether oxygens (including phenoxy) is 1. The van der Waals surface area contributed by atoms with Gasteiger partial charge in [0.05, 0.1) is 18.1 Å². The predicted molar refractivity (Wildman–Crippen MR) is 121 cm³/mol. The third-order valence-corrected chi connectivity index (χ3v) is 6.65. The minimum absolute atomic E-state index is 0.0237. The van der Waals surface area contributed by atoms with Crippen molar-refractivity contribution in [3.8, 4) is 6.01 Å². The number of hydrogen-bond acceptors (Lipinski definition) is 5. The Morgan fingerprint density at radius 2 is 1.94 bits per heavy atom. The summed E-state index contributed by atoms with van der Waals surface area (Å²) in [4.78, 5) is 14.1. The molecule has 0 aliphatic heterocycles. The van der Waals surface area contributed by atoms with Crippen LogP contribution in [0.2, 0.25) is 0 Å². The third-order valence-electron chi connectivity index (χ3n) is 6.65. The van der Waals surface area contributed by atoms with E-state index in [1.165, 1.54) is 11.1 Å². The Bertz CT molecular complexity index is 1000. The molecule has 162 valence electrons. The summed E-state index contributed by atoms with van der Waals surface area (Å²) < 4.78 is 5.86. The van der Waals surface area contributed by atoms with Crippen LogP contribution >= 0.6 is 0 Å². The third kappa shape index (κ3) is 4.29. The second kappa shape index (κ2) is 8.54. The quantitative estimate of drug-likeness (QED) is 0.692. The van der Waals surface area contributed by atoms with Gasteiger partial charge < -0.3 is 9.84 Å². The lowest BCUT2D eigenvalue weighted by Gasteiger charge is -2.33. The number of rotatable bonds is 4. The Kier molecular flexibility index (Phi) is 5.61. The molecule has 0 bridgehead atoms. The fourth-order valence-corrected chi connectivity index (χ4v) is 5.03. The van der Waals surface area contributed by atoms with E-state index in [9.17, 15) is 5.11 Å². The van der Waals surface area contributed by atoms with Crippen LogP contribution in [0.1, 0.15) is 69.9 Å².